The minimum absolute atomic E-state index is 0.0806. The number of ether oxygens (including phenoxy) is 1. The van der Waals surface area contributed by atoms with Crippen LogP contribution in [0, 0.1) is 13.8 Å². The van der Waals surface area contributed by atoms with E-state index in [0.29, 0.717) is 0 Å². The minimum atomic E-state index is -2.94. The van der Waals surface area contributed by atoms with Crippen LogP contribution in [0.15, 0.2) is 18.2 Å². The van der Waals surface area contributed by atoms with Gasteiger partial charge in [-0.15, -0.1) is 0 Å². The molecule has 0 unspecified atom stereocenters. The van der Waals surface area contributed by atoms with E-state index >= 15 is 0 Å². The molecule has 1 aromatic rings. The molecule has 0 aromatic heterocycles. The van der Waals surface area contributed by atoms with Crippen LogP contribution in [0.1, 0.15) is 18.1 Å². The van der Waals surface area contributed by atoms with Crippen molar-refractivity contribution in [3.05, 3.63) is 29.3 Å². The summed E-state index contributed by atoms with van der Waals surface area (Å²) in [4.78, 5) is 0. The number of hydrogen-bond acceptors (Lipinski definition) is 3. The van der Waals surface area contributed by atoms with Gasteiger partial charge < -0.3 is 4.74 Å². The van der Waals surface area contributed by atoms with E-state index < -0.39 is 9.84 Å². The van der Waals surface area contributed by atoms with Crippen molar-refractivity contribution in [1.29, 1.82) is 0 Å². The fourth-order valence-corrected chi connectivity index (χ4v) is 2.07. The lowest BCUT2D eigenvalue weighted by molar-refractivity contribution is 0.336. The van der Waals surface area contributed by atoms with E-state index in [4.69, 9.17) is 4.74 Å². The molecule has 0 aliphatic heterocycles. The highest BCUT2D eigenvalue weighted by Gasteiger charge is 2.09. The smallest absolute Gasteiger partial charge is 0.153 e. The Morgan fingerprint density at radius 3 is 2.25 bits per heavy atom. The van der Waals surface area contributed by atoms with Crippen molar-refractivity contribution in [3.63, 3.8) is 0 Å². The Morgan fingerprint density at radius 2 is 1.75 bits per heavy atom. The lowest BCUT2D eigenvalue weighted by Crippen LogP contribution is -2.16. The summed E-state index contributed by atoms with van der Waals surface area (Å²) in [6.45, 7) is 5.78. The van der Waals surface area contributed by atoms with Crippen LogP contribution in [0.5, 0.6) is 5.75 Å². The van der Waals surface area contributed by atoms with Crippen molar-refractivity contribution < 1.29 is 13.2 Å². The standard InChI is InChI=1S/C12H18O3S/c1-4-16(13,14)9-8-15-12-10(2)6-5-7-11(12)3/h5-7H,4,8-9H2,1-3H3. The number of sulfone groups is 1. The number of benzene rings is 1. The SMILES string of the molecule is CCS(=O)(=O)CCOc1c(C)cccc1C. The Balaban J connectivity index is 2.62. The zero-order valence-corrected chi connectivity index (χ0v) is 10.8. The van der Waals surface area contributed by atoms with E-state index in [9.17, 15) is 8.42 Å². The number of rotatable bonds is 5. The van der Waals surface area contributed by atoms with Gasteiger partial charge in [-0.25, -0.2) is 8.42 Å². The maximum Gasteiger partial charge on any atom is 0.153 e. The highest BCUT2D eigenvalue weighted by atomic mass is 32.2. The molecule has 0 saturated heterocycles. The van der Waals surface area contributed by atoms with Gasteiger partial charge in [0.1, 0.15) is 12.4 Å². The zero-order valence-electron chi connectivity index (χ0n) is 9.99. The van der Waals surface area contributed by atoms with Gasteiger partial charge in [0.15, 0.2) is 9.84 Å². The first kappa shape index (κ1) is 13.0. The molecule has 0 N–H and O–H groups in total. The molecule has 0 amide bonds. The minimum Gasteiger partial charge on any atom is -0.492 e. The first-order valence-electron chi connectivity index (χ1n) is 5.35. The van der Waals surface area contributed by atoms with Crippen LogP contribution in [0.4, 0.5) is 0 Å². The summed E-state index contributed by atoms with van der Waals surface area (Å²) >= 11 is 0. The topological polar surface area (TPSA) is 43.4 Å². The molecule has 0 heterocycles. The summed E-state index contributed by atoms with van der Waals surface area (Å²) in [5.41, 5.74) is 2.07. The quantitative estimate of drug-likeness (QED) is 0.794. The molecular weight excluding hydrogens is 224 g/mol. The van der Waals surface area contributed by atoms with Gasteiger partial charge in [0.2, 0.25) is 0 Å². The second-order valence-corrected chi connectivity index (χ2v) is 6.28. The van der Waals surface area contributed by atoms with Crippen LogP contribution in [-0.2, 0) is 9.84 Å². The van der Waals surface area contributed by atoms with Gasteiger partial charge in [0.25, 0.3) is 0 Å². The molecule has 4 heteroatoms. The van der Waals surface area contributed by atoms with Gasteiger partial charge in [0, 0.05) is 5.75 Å². The van der Waals surface area contributed by atoms with Crippen LogP contribution in [0.2, 0.25) is 0 Å². The summed E-state index contributed by atoms with van der Waals surface area (Å²) in [6, 6.07) is 5.87. The first-order chi connectivity index (χ1) is 7.46. The Hall–Kier alpha value is -1.03. The predicted octanol–water partition coefficient (Wildman–Crippen LogP) is 2.12. The summed E-state index contributed by atoms with van der Waals surface area (Å²) in [6.07, 6.45) is 0. The summed E-state index contributed by atoms with van der Waals surface area (Å²) in [5.74, 6) is 1.05. The summed E-state index contributed by atoms with van der Waals surface area (Å²) < 4.78 is 28.1. The van der Waals surface area contributed by atoms with Crippen LogP contribution >= 0.6 is 0 Å². The average molecular weight is 242 g/mol. The predicted molar refractivity (Wildman–Crippen MR) is 65.7 cm³/mol. The molecule has 0 spiro atoms. The van der Waals surface area contributed by atoms with Gasteiger partial charge in [-0.3, -0.25) is 0 Å². The van der Waals surface area contributed by atoms with Gasteiger partial charge in [-0.1, -0.05) is 25.1 Å². The molecule has 0 radical (unpaired) electrons. The highest BCUT2D eigenvalue weighted by Crippen LogP contribution is 2.22. The molecule has 1 rings (SSSR count). The lowest BCUT2D eigenvalue weighted by Gasteiger charge is -2.11. The largest absolute Gasteiger partial charge is 0.492 e. The van der Waals surface area contributed by atoms with Crippen LogP contribution in [-0.4, -0.2) is 26.5 Å². The van der Waals surface area contributed by atoms with Crippen LogP contribution < -0.4 is 4.74 Å². The highest BCUT2D eigenvalue weighted by molar-refractivity contribution is 7.91. The van der Waals surface area contributed by atoms with Gasteiger partial charge >= 0.3 is 0 Å². The molecule has 0 fully saturated rings. The Morgan fingerprint density at radius 1 is 1.19 bits per heavy atom. The average Bonchev–Trinajstić information content (AvgIpc) is 2.22. The normalized spacial score (nSPS) is 11.4. The van der Waals surface area contributed by atoms with E-state index in [1.807, 2.05) is 32.0 Å². The number of aryl methyl sites for hydroxylation is 2. The van der Waals surface area contributed by atoms with E-state index in [1.54, 1.807) is 6.92 Å². The second-order valence-electron chi connectivity index (χ2n) is 3.81. The van der Waals surface area contributed by atoms with Crippen LogP contribution in [0.25, 0.3) is 0 Å². The maximum atomic E-state index is 11.3. The first-order valence-corrected chi connectivity index (χ1v) is 7.18. The fourth-order valence-electron chi connectivity index (χ4n) is 1.44. The monoisotopic (exact) mass is 242 g/mol. The van der Waals surface area contributed by atoms with Gasteiger partial charge in [-0.2, -0.15) is 0 Å². The van der Waals surface area contributed by atoms with Crippen molar-refractivity contribution in [2.75, 3.05) is 18.1 Å². The lowest BCUT2D eigenvalue weighted by atomic mass is 10.1. The third-order valence-corrected chi connectivity index (χ3v) is 4.16. The Labute approximate surface area is 97.4 Å². The van der Waals surface area contributed by atoms with Gasteiger partial charge in [0.05, 0.1) is 5.75 Å². The number of para-hydroxylation sites is 1. The third kappa shape index (κ3) is 3.52. The zero-order chi connectivity index (χ0) is 12.2. The molecule has 0 bridgehead atoms. The maximum absolute atomic E-state index is 11.3. The van der Waals surface area contributed by atoms with Crippen molar-refractivity contribution in [2.24, 2.45) is 0 Å². The molecule has 0 aliphatic rings. The fraction of sp³-hybridized carbons (Fsp3) is 0.500. The Bertz CT molecular complexity index is 429. The van der Waals surface area contributed by atoms with Crippen molar-refractivity contribution in [2.45, 2.75) is 20.8 Å². The van der Waals surface area contributed by atoms with Gasteiger partial charge in [-0.05, 0) is 25.0 Å². The Kier molecular flexibility index (Phi) is 4.35. The molecular formula is C12H18O3S. The second kappa shape index (κ2) is 5.34. The molecule has 3 nitrogen and oxygen atoms in total. The molecule has 1 aromatic carbocycles. The molecule has 0 saturated carbocycles. The van der Waals surface area contributed by atoms with Crippen molar-refractivity contribution in [3.8, 4) is 5.75 Å². The van der Waals surface area contributed by atoms with Crippen LogP contribution in [0.3, 0.4) is 0 Å². The van der Waals surface area contributed by atoms with E-state index in [-0.39, 0.29) is 18.1 Å². The van der Waals surface area contributed by atoms with Crippen molar-refractivity contribution in [1.82, 2.24) is 0 Å². The summed E-state index contributed by atoms with van der Waals surface area (Å²) in [7, 11) is -2.94. The van der Waals surface area contributed by atoms with E-state index in [2.05, 4.69) is 0 Å². The summed E-state index contributed by atoms with van der Waals surface area (Å²) in [5, 5.41) is 0. The van der Waals surface area contributed by atoms with E-state index in [1.165, 1.54) is 0 Å². The molecule has 0 atom stereocenters. The molecule has 0 aliphatic carbocycles. The third-order valence-electron chi connectivity index (χ3n) is 2.49. The molecule has 90 valence electrons. The van der Waals surface area contributed by atoms with E-state index in [0.717, 1.165) is 16.9 Å². The van der Waals surface area contributed by atoms with Crippen molar-refractivity contribution >= 4 is 9.84 Å². The molecule has 16 heavy (non-hydrogen) atoms. The number of hydrogen-bond donors (Lipinski definition) is 0.